The van der Waals surface area contributed by atoms with Crippen LogP contribution in [0, 0.1) is 5.92 Å². The van der Waals surface area contributed by atoms with Gasteiger partial charge in [0.25, 0.3) is 10.2 Å². The first-order valence-corrected chi connectivity index (χ1v) is 8.77. The Balaban J connectivity index is 2.08. The molecule has 1 saturated heterocycles. The summed E-state index contributed by atoms with van der Waals surface area (Å²) in [6, 6.07) is -0.0263. The molecular formula is C13H24N2O4S. The van der Waals surface area contributed by atoms with Crippen molar-refractivity contribution in [3.05, 3.63) is 0 Å². The first-order chi connectivity index (χ1) is 9.45. The fourth-order valence-corrected chi connectivity index (χ4v) is 4.56. The number of piperidine rings is 1. The molecule has 1 aliphatic carbocycles. The minimum Gasteiger partial charge on any atom is -0.465 e. The molecule has 2 rings (SSSR count). The maximum absolute atomic E-state index is 12.7. The maximum Gasteiger partial charge on any atom is 0.321 e. The SMILES string of the molecule is CCOC(=O)CN(C1CC1)S(=O)(=O)N1CCCC(C)C1. The van der Waals surface area contributed by atoms with Crippen LogP contribution in [0.1, 0.15) is 39.5 Å². The molecule has 20 heavy (non-hydrogen) atoms. The predicted molar refractivity (Wildman–Crippen MR) is 75.3 cm³/mol. The Morgan fingerprint density at radius 1 is 1.35 bits per heavy atom. The summed E-state index contributed by atoms with van der Waals surface area (Å²) in [6.07, 6.45) is 3.62. The van der Waals surface area contributed by atoms with Gasteiger partial charge in [-0.1, -0.05) is 6.92 Å². The van der Waals surface area contributed by atoms with Gasteiger partial charge in [0, 0.05) is 19.1 Å². The number of carbonyl (C=O) groups excluding carboxylic acids is 1. The van der Waals surface area contributed by atoms with Crippen molar-refractivity contribution in [3.8, 4) is 0 Å². The zero-order valence-electron chi connectivity index (χ0n) is 12.2. The summed E-state index contributed by atoms with van der Waals surface area (Å²) in [6.45, 7) is 5.01. The van der Waals surface area contributed by atoms with Crippen LogP contribution in [-0.4, -0.2) is 55.3 Å². The standard InChI is InChI=1S/C13H24N2O4S/c1-3-19-13(16)10-15(12-6-7-12)20(17,18)14-8-4-5-11(2)9-14/h11-12H,3-10H2,1-2H3. The highest BCUT2D eigenvalue weighted by Gasteiger charge is 2.42. The molecule has 0 amide bonds. The number of rotatable bonds is 6. The molecule has 116 valence electrons. The summed E-state index contributed by atoms with van der Waals surface area (Å²) in [7, 11) is -3.54. The highest BCUT2D eigenvalue weighted by atomic mass is 32.2. The fraction of sp³-hybridized carbons (Fsp3) is 0.923. The molecule has 0 spiro atoms. The minimum absolute atomic E-state index is 0.0263. The van der Waals surface area contributed by atoms with Crippen LogP contribution in [0.3, 0.4) is 0 Å². The summed E-state index contributed by atoms with van der Waals surface area (Å²) >= 11 is 0. The van der Waals surface area contributed by atoms with E-state index in [2.05, 4.69) is 6.92 Å². The van der Waals surface area contributed by atoms with Gasteiger partial charge in [0.1, 0.15) is 6.54 Å². The molecule has 1 saturated carbocycles. The van der Waals surface area contributed by atoms with Gasteiger partial charge in [-0.25, -0.2) is 0 Å². The van der Waals surface area contributed by atoms with Gasteiger partial charge < -0.3 is 4.74 Å². The Hall–Kier alpha value is -0.660. The van der Waals surface area contributed by atoms with Gasteiger partial charge in [-0.05, 0) is 38.5 Å². The average Bonchev–Trinajstić information content (AvgIpc) is 3.20. The Kier molecular flexibility index (Phi) is 5.04. The van der Waals surface area contributed by atoms with Crippen LogP contribution in [0.15, 0.2) is 0 Å². The van der Waals surface area contributed by atoms with Crippen LogP contribution in [0.2, 0.25) is 0 Å². The Labute approximate surface area is 121 Å². The lowest BCUT2D eigenvalue weighted by molar-refractivity contribution is -0.143. The lowest BCUT2D eigenvalue weighted by Gasteiger charge is -2.34. The second kappa shape index (κ2) is 6.41. The van der Waals surface area contributed by atoms with Crippen LogP contribution in [0.5, 0.6) is 0 Å². The highest BCUT2D eigenvalue weighted by Crippen LogP contribution is 2.31. The fourth-order valence-electron chi connectivity index (χ4n) is 2.60. The lowest BCUT2D eigenvalue weighted by atomic mass is 10.0. The van der Waals surface area contributed by atoms with E-state index in [0.717, 1.165) is 25.7 Å². The topological polar surface area (TPSA) is 66.9 Å². The maximum atomic E-state index is 12.7. The summed E-state index contributed by atoms with van der Waals surface area (Å²) in [4.78, 5) is 11.6. The third kappa shape index (κ3) is 3.71. The second-order valence-electron chi connectivity index (χ2n) is 5.69. The summed E-state index contributed by atoms with van der Waals surface area (Å²) in [5.74, 6) is -0.0878. The van der Waals surface area contributed by atoms with Gasteiger partial charge in [0.05, 0.1) is 6.61 Å². The van der Waals surface area contributed by atoms with Crippen LogP contribution < -0.4 is 0 Å². The molecule has 0 bridgehead atoms. The molecule has 0 radical (unpaired) electrons. The number of hydrogen-bond acceptors (Lipinski definition) is 4. The Bertz CT molecular complexity index is 447. The lowest BCUT2D eigenvalue weighted by Crippen LogP contribution is -2.50. The van der Waals surface area contributed by atoms with Gasteiger partial charge in [-0.3, -0.25) is 4.79 Å². The van der Waals surface area contributed by atoms with Crippen molar-refractivity contribution < 1.29 is 17.9 Å². The zero-order valence-corrected chi connectivity index (χ0v) is 13.1. The second-order valence-corrected chi connectivity index (χ2v) is 7.58. The van der Waals surface area contributed by atoms with Gasteiger partial charge in [0.2, 0.25) is 0 Å². The largest absolute Gasteiger partial charge is 0.465 e. The number of carbonyl (C=O) groups is 1. The van der Waals surface area contributed by atoms with Gasteiger partial charge in [-0.2, -0.15) is 17.0 Å². The molecule has 7 heteroatoms. The van der Waals surface area contributed by atoms with Crippen molar-refractivity contribution in [3.63, 3.8) is 0 Å². The van der Waals surface area contributed by atoms with Crippen LogP contribution in [-0.2, 0) is 19.7 Å². The Morgan fingerprint density at radius 3 is 2.60 bits per heavy atom. The van der Waals surface area contributed by atoms with Crippen molar-refractivity contribution in [1.29, 1.82) is 0 Å². The zero-order chi connectivity index (χ0) is 14.8. The van der Waals surface area contributed by atoms with E-state index in [1.807, 2.05) is 0 Å². The molecule has 1 aliphatic heterocycles. The van der Waals surface area contributed by atoms with Gasteiger partial charge >= 0.3 is 5.97 Å². The molecule has 1 atom stereocenters. The number of ether oxygens (including phenoxy) is 1. The molecule has 1 heterocycles. The van der Waals surface area contributed by atoms with E-state index in [-0.39, 0.29) is 19.2 Å². The van der Waals surface area contributed by atoms with Crippen LogP contribution >= 0.6 is 0 Å². The normalized spacial score (nSPS) is 24.9. The van der Waals surface area contributed by atoms with Crippen molar-refractivity contribution in [2.75, 3.05) is 26.2 Å². The summed E-state index contributed by atoms with van der Waals surface area (Å²) in [5.41, 5.74) is 0. The third-order valence-electron chi connectivity index (χ3n) is 3.79. The van der Waals surface area contributed by atoms with E-state index in [9.17, 15) is 13.2 Å². The molecular weight excluding hydrogens is 280 g/mol. The average molecular weight is 304 g/mol. The van der Waals surface area contributed by atoms with Gasteiger partial charge in [-0.15, -0.1) is 0 Å². The third-order valence-corrected chi connectivity index (χ3v) is 5.79. The van der Waals surface area contributed by atoms with E-state index in [1.165, 1.54) is 8.61 Å². The Morgan fingerprint density at radius 2 is 2.05 bits per heavy atom. The van der Waals surface area contributed by atoms with E-state index in [4.69, 9.17) is 4.74 Å². The quantitative estimate of drug-likeness (QED) is 0.686. The predicted octanol–water partition coefficient (Wildman–Crippen LogP) is 0.991. The molecule has 2 aliphatic rings. The van der Waals surface area contributed by atoms with Crippen molar-refractivity contribution in [1.82, 2.24) is 8.61 Å². The smallest absolute Gasteiger partial charge is 0.321 e. The minimum atomic E-state index is -3.54. The number of hydrogen-bond donors (Lipinski definition) is 0. The van der Waals surface area contributed by atoms with Crippen molar-refractivity contribution in [2.24, 2.45) is 5.92 Å². The molecule has 0 N–H and O–H groups in total. The van der Waals surface area contributed by atoms with Crippen LogP contribution in [0.25, 0.3) is 0 Å². The number of nitrogens with zero attached hydrogens (tertiary/aromatic N) is 2. The van der Waals surface area contributed by atoms with Crippen molar-refractivity contribution >= 4 is 16.2 Å². The monoisotopic (exact) mass is 304 g/mol. The summed E-state index contributed by atoms with van der Waals surface area (Å²) in [5, 5.41) is 0. The van der Waals surface area contributed by atoms with E-state index in [1.54, 1.807) is 6.92 Å². The molecule has 0 aromatic rings. The first kappa shape index (κ1) is 15.7. The van der Waals surface area contributed by atoms with Crippen LogP contribution in [0.4, 0.5) is 0 Å². The molecule has 6 nitrogen and oxygen atoms in total. The highest BCUT2D eigenvalue weighted by molar-refractivity contribution is 7.86. The molecule has 0 aromatic carbocycles. The van der Waals surface area contributed by atoms with E-state index in [0.29, 0.717) is 19.0 Å². The molecule has 2 fully saturated rings. The van der Waals surface area contributed by atoms with Gasteiger partial charge in [0.15, 0.2) is 0 Å². The van der Waals surface area contributed by atoms with E-state index < -0.39 is 16.2 Å². The van der Waals surface area contributed by atoms with Crippen molar-refractivity contribution in [2.45, 2.75) is 45.6 Å². The summed E-state index contributed by atoms with van der Waals surface area (Å²) < 4.78 is 33.1. The molecule has 0 aromatic heterocycles. The molecule has 1 unspecified atom stereocenters. The van der Waals surface area contributed by atoms with E-state index >= 15 is 0 Å². The first-order valence-electron chi connectivity index (χ1n) is 7.37. The number of esters is 1.